The molecule has 0 fully saturated rings. The van der Waals surface area contributed by atoms with Gasteiger partial charge in [0.25, 0.3) is 0 Å². The lowest BCUT2D eigenvalue weighted by Gasteiger charge is -2.06. The molecule has 0 atom stereocenters. The van der Waals surface area contributed by atoms with Crippen LogP contribution in [0, 0.1) is 0 Å². The van der Waals surface area contributed by atoms with E-state index in [1.165, 1.54) is 0 Å². The van der Waals surface area contributed by atoms with Crippen molar-refractivity contribution in [3.8, 4) is 6.01 Å². The fraction of sp³-hybridized carbons (Fsp3) is 0.300. The first kappa shape index (κ1) is 10.1. The highest BCUT2D eigenvalue weighted by molar-refractivity contribution is 6.31. The van der Waals surface area contributed by atoms with E-state index in [-0.39, 0.29) is 6.10 Å². The van der Waals surface area contributed by atoms with Gasteiger partial charge in [0.15, 0.2) is 0 Å². The van der Waals surface area contributed by atoms with Crippen molar-refractivity contribution < 1.29 is 4.74 Å². The summed E-state index contributed by atoms with van der Waals surface area (Å²) in [6.07, 6.45) is 0.0385. The fourth-order valence-corrected chi connectivity index (χ4v) is 1.32. The van der Waals surface area contributed by atoms with Gasteiger partial charge >= 0.3 is 6.01 Å². The van der Waals surface area contributed by atoms with E-state index in [0.717, 1.165) is 5.52 Å². The van der Waals surface area contributed by atoms with E-state index in [0.29, 0.717) is 16.5 Å². The summed E-state index contributed by atoms with van der Waals surface area (Å²) in [5.74, 6) is 0. The summed E-state index contributed by atoms with van der Waals surface area (Å²) in [4.78, 5) is 4.20. The highest BCUT2D eigenvalue weighted by Crippen LogP contribution is 2.16. The molecule has 0 amide bonds. The molecule has 15 heavy (non-hydrogen) atoms. The Labute approximate surface area is 92.3 Å². The summed E-state index contributed by atoms with van der Waals surface area (Å²) in [6, 6.07) is 5.56. The summed E-state index contributed by atoms with van der Waals surface area (Å²) >= 11 is 5.82. The Morgan fingerprint density at radius 1 is 1.20 bits per heavy atom. The number of hydrogen-bond donors (Lipinski definition) is 0. The minimum absolute atomic E-state index is 0.0385. The molecule has 0 unspecified atom stereocenters. The van der Waals surface area contributed by atoms with E-state index < -0.39 is 0 Å². The van der Waals surface area contributed by atoms with Crippen LogP contribution in [-0.4, -0.2) is 21.3 Å². The van der Waals surface area contributed by atoms with Gasteiger partial charge in [-0.1, -0.05) is 16.7 Å². The average Bonchev–Trinajstić information content (AvgIpc) is 2.17. The smallest absolute Gasteiger partial charge is 0.336 e. The molecule has 4 nitrogen and oxygen atoms in total. The fourth-order valence-electron chi connectivity index (χ4n) is 1.15. The van der Waals surface area contributed by atoms with E-state index in [1.54, 1.807) is 18.2 Å². The Hall–Kier alpha value is -1.42. The highest BCUT2D eigenvalue weighted by atomic mass is 35.5. The van der Waals surface area contributed by atoms with Crippen LogP contribution in [0.3, 0.4) is 0 Å². The van der Waals surface area contributed by atoms with Gasteiger partial charge < -0.3 is 4.74 Å². The Balaban J connectivity index is 2.43. The maximum absolute atomic E-state index is 5.82. The molecule has 0 bridgehead atoms. The van der Waals surface area contributed by atoms with Crippen molar-refractivity contribution in [1.29, 1.82) is 0 Å². The predicted molar refractivity (Wildman–Crippen MR) is 58.1 cm³/mol. The monoisotopic (exact) mass is 223 g/mol. The van der Waals surface area contributed by atoms with Crippen LogP contribution in [0.4, 0.5) is 0 Å². The Morgan fingerprint density at radius 2 is 2.00 bits per heavy atom. The minimum atomic E-state index is 0.0385. The lowest BCUT2D eigenvalue weighted by Crippen LogP contribution is -2.09. The van der Waals surface area contributed by atoms with Crippen molar-refractivity contribution in [2.45, 2.75) is 20.0 Å². The summed E-state index contributed by atoms with van der Waals surface area (Å²) in [6.45, 7) is 3.82. The Morgan fingerprint density at radius 3 is 2.73 bits per heavy atom. The molecular weight excluding hydrogens is 214 g/mol. The number of ether oxygens (including phenoxy) is 1. The molecule has 0 saturated carbocycles. The van der Waals surface area contributed by atoms with Crippen LogP contribution in [0.1, 0.15) is 13.8 Å². The SMILES string of the molecule is CC(C)Oc1nnc2cc(Cl)ccc2n1. The lowest BCUT2D eigenvalue weighted by atomic mass is 10.3. The average molecular weight is 224 g/mol. The standard InChI is InChI=1S/C10H10ClN3O/c1-6(2)15-10-12-8-4-3-7(11)5-9(8)13-14-10/h3-6H,1-2H3. The molecule has 2 aromatic rings. The third-order valence-electron chi connectivity index (χ3n) is 1.74. The molecule has 0 aliphatic carbocycles. The van der Waals surface area contributed by atoms with Crippen LogP contribution in [-0.2, 0) is 0 Å². The molecule has 0 aliphatic heterocycles. The number of rotatable bonds is 2. The van der Waals surface area contributed by atoms with E-state index in [9.17, 15) is 0 Å². The summed E-state index contributed by atoms with van der Waals surface area (Å²) in [7, 11) is 0. The highest BCUT2D eigenvalue weighted by Gasteiger charge is 2.04. The number of fused-ring (bicyclic) bond motifs is 1. The Bertz CT molecular complexity index is 487. The van der Waals surface area contributed by atoms with E-state index in [4.69, 9.17) is 16.3 Å². The van der Waals surface area contributed by atoms with Crippen molar-refractivity contribution in [3.05, 3.63) is 23.2 Å². The summed E-state index contributed by atoms with van der Waals surface area (Å²) in [5, 5.41) is 8.44. The topological polar surface area (TPSA) is 47.9 Å². The molecule has 1 aromatic heterocycles. The first-order chi connectivity index (χ1) is 7.15. The second-order valence-corrected chi connectivity index (χ2v) is 3.83. The van der Waals surface area contributed by atoms with Crippen molar-refractivity contribution in [1.82, 2.24) is 15.2 Å². The molecule has 0 spiro atoms. The minimum Gasteiger partial charge on any atom is -0.460 e. The second kappa shape index (κ2) is 3.98. The van der Waals surface area contributed by atoms with Crippen molar-refractivity contribution in [2.24, 2.45) is 0 Å². The molecule has 0 saturated heterocycles. The predicted octanol–water partition coefficient (Wildman–Crippen LogP) is 2.47. The van der Waals surface area contributed by atoms with Crippen LogP contribution >= 0.6 is 11.6 Å². The Kier molecular flexibility index (Phi) is 2.68. The van der Waals surface area contributed by atoms with Gasteiger partial charge in [0.1, 0.15) is 5.52 Å². The van der Waals surface area contributed by atoms with Gasteiger partial charge in [-0.25, -0.2) is 0 Å². The molecule has 5 heteroatoms. The van der Waals surface area contributed by atoms with E-state index in [2.05, 4.69) is 15.2 Å². The van der Waals surface area contributed by atoms with Gasteiger partial charge in [-0.15, -0.1) is 5.10 Å². The number of aromatic nitrogens is 3. The van der Waals surface area contributed by atoms with Crippen LogP contribution in [0.2, 0.25) is 5.02 Å². The van der Waals surface area contributed by atoms with Gasteiger partial charge in [0.05, 0.1) is 11.6 Å². The van der Waals surface area contributed by atoms with Crippen molar-refractivity contribution >= 4 is 22.6 Å². The summed E-state index contributed by atoms with van der Waals surface area (Å²) < 4.78 is 5.33. The second-order valence-electron chi connectivity index (χ2n) is 3.39. The third kappa shape index (κ3) is 2.33. The van der Waals surface area contributed by atoms with Crippen LogP contribution in [0.25, 0.3) is 11.0 Å². The molecule has 0 N–H and O–H groups in total. The van der Waals surface area contributed by atoms with Crippen LogP contribution in [0.5, 0.6) is 6.01 Å². The molecule has 0 aliphatic rings. The van der Waals surface area contributed by atoms with Gasteiger partial charge in [-0.3, -0.25) is 0 Å². The van der Waals surface area contributed by atoms with Gasteiger partial charge in [0, 0.05) is 5.02 Å². The van der Waals surface area contributed by atoms with E-state index in [1.807, 2.05) is 13.8 Å². The molecule has 0 radical (unpaired) electrons. The molecule has 1 heterocycles. The zero-order valence-electron chi connectivity index (χ0n) is 8.44. The maximum atomic E-state index is 5.82. The van der Waals surface area contributed by atoms with Gasteiger partial charge in [-0.2, -0.15) is 4.98 Å². The molecule has 2 rings (SSSR count). The van der Waals surface area contributed by atoms with Crippen LogP contribution < -0.4 is 4.74 Å². The first-order valence-electron chi connectivity index (χ1n) is 4.62. The van der Waals surface area contributed by atoms with Crippen LogP contribution in [0.15, 0.2) is 18.2 Å². The van der Waals surface area contributed by atoms with Gasteiger partial charge in [-0.05, 0) is 32.0 Å². The van der Waals surface area contributed by atoms with Crippen molar-refractivity contribution in [3.63, 3.8) is 0 Å². The number of nitrogens with zero attached hydrogens (tertiary/aromatic N) is 3. The summed E-state index contributed by atoms with van der Waals surface area (Å²) in [5.41, 5.74) is 1.39. The molecule has 78 valence electrons. The molecular formula is C10H10ClN3O. The quantitative estimate of drug-likeness (QED) is 0.785. The normalized spacial score (nSPS) is 10.9. The number of benzene rings is 1. The molecule has 1 aromatic carbocycles. The number of hydrogen-bond acceptors (Lipinski definition) is 4. The number of halogens is 1. The lowest BCUT2D eigenvalue weighted by molar-refractivity contribution is 0.220. The third-order valence-corrected chi connectivity index (χ3v) is 1.97. The maximum Gasteiger partial charge on any atom is 0.336 e. The first-order valence-corrected chi connectivity index (χ1v) is 4.99. The largest absolute Gasteiger partial charge is 0.460 e. The van der Waals surface area contributed by atoms with Gasteiger partial charge in [0.2, 0.25) is 0 Å². The van der Waals surface area contributed by atoms with Crippen molar-refractivity contribution in [2.75, 3.05) is 0 Å². The zero-order valence-corrected chi connectivity index (χ0v) is 9.19. The van der Waals surface area contributed by atoms with E-state index >= 15 is 0 Å². The zero-order chi connectivity index (χ0) is 10.8.